The summed E-state index contributed by atoms with van der Waals surface area (Å²) in [6, 6.07) is 17.5. The van der Waals surface area contributed by atoms with E-state index in [1.165, 1.54) is 30.1 Å². The Bertz CT molecular complexity index is 1250. The first-order chi connectivity index (χ1) is 14.2. The van der Waals surface area contributed by atoms with Gasteiger partial charge in [-0.2, -0.15) is 5.10 Å². The van der Waals surface area contributed by atoms with E-state index in [9.17, 15) is 18.4 Å². The van der Waals surface area contributed by atoms with Crippen LogP contribution < -0.4 is 5.56 Å². The van der Waals surface area contributed by atoms with Crippen LogP contribution >= 0.6 is 0 Å². The van der Waals surface area contributed by atoms with E-state index >= 15 is 0 Å². The van der Waals surface area contributed by atoms with E-state index in [2.05, 4.69) is 10.3 Å². The van der Waals surface area contributed by atoms with Gasteiger partial charge >= 0.3 is 0 Å². The average molecular weight is 426 g/mol. The zero-order valence-corrected chi connectivity index (χ0v) is 17.8. The van der Waals surface area contributed by atoms with E-state index in [1.54, 1.807) is 24.3 Å². The second-order valence-corrected chi connectivity index (χ2v) is 9.20. The van der Waals surface area contributed by atoms with Crippen molar-refractivity contribution in [1.29, 1.82) is 0 Å². The minimum Gasteiger partial charge on any atom is -0.411 e. The molecule has 3 aromatic rings. The molecule has 0 aliphatic rings. The summed E-state index contributed by atoms with van der Waals surface area (Å²) in [5.41, 5.74) is 3.42. The lowest BCUT2D eigenvalue weighted by Gasteiger charge is -2.21. The smallest absolute Gasteiger partial charge is 0.266 e. The average Bonchev–Trinajstić information content (AvgIpc) is 2.71. The molecule has 1 atom stereocenters. The van der Waals surface area contributed by atoms with Crippen molar-refractivity contribution in [1.82, 2.24) is 9.78 Å². The number of rotatable bonds is 6. The Kier molecular flexibility index (Phi) is 6.17. The normalized spacial score (nSPS) is 13.2. The third-order valence-electron chi connectivity index (χ3n) is 5.05. The van der Waals surface area contributed by atoms with E-state index in [4.69, 9.17) is 0 Å². The molecule has 0 radical (unpaired) electrons. The number of benzene rings is 2. The molecule has 1 heterocycles. The number of aryl methyl sites for hydroxylation is 2. The molecule has 1 aromatic heterocycles. The number of nitrogens with zero attached hydrogens (tertiary/aromatic N) is 3. The molecular weight excluding hydrogens is 402 g/mol. The van der Waals surface area contributed by atoms with Gasteiger partial charge in [-0.15, -0.1) is 0 Å². The van der Waals surface area contributed by atoms with Crippen molar-refractivity contribution in [3.8, 4) is 0 Å². The van der Waals surface area contributed by atoms with E-state index in [0.717, 1.165) is 16.7 Å². The highest BCUT2D eigenvalue weighted by molar-refractivity contribution is 7.90. The SMILES string of the molecule is Cc1ccccc1C(C/C(=N/O)c1ccc(=O)n(C)n1)c1ccc(S(C)(=O)=O)cc1. The number of aromatic nitrogens is 2. The fraction of sp³-hybridized carbons (Fsp3) is 0.227. The molecule has 3 rings (SSSR count). The minimum absolute atomic E-state index is 0.204. The van der Waals surface area contributed by atoms with Crippen LogP contribution in [0.25, 0.3) is 0 Å². The molecule has 8 heteroatoms. The Balaban J connectivity index is 2.07. The van der Waals surface area contributed by atoms with Crippen LogP contribution in [0.5, 0.6) is 0 Å². The molecule has 2 aromatic carbocycles. The number of sulfone groups is 1. The van der Waals surface area contributed by atoms with Crippen LogP contribution in [0, 0.1) is 6.92 Å². The maximum absolute atomic E-state index is 11.8. The van der Waals surface area contributed by atoms with Gasteiger partial charge in [0.2, 0.25) is 0 Å². The molecule has 0 aliphatic heterocycles. The van der Waals surface area contributed by atoms with E-state index in [-0.39, 0.29) is 16.4 Å². The Hall–Kier alpha value is -3.26. The van der Waals surface area contributed by atoms with Crippen LogP contribution in [0.1, 0.15) is 34.7 Å². The molecule has 156 valence electrons. The maximum Gasteiger partial charge on any atom is 0.266 e. The zero-order chi connectivity index (χ0) is 21.9. The summed E-state index contributed by atoms with van der Waals surface area (Å²) in [5, 5.41) is 17.3. The second-order valence-electron chi connectivity index (χ2n) is 7.18. The monoisotopic (exact) mass is 425 g/mol. The Morgan fingerprint density at radius 1 is 1.10 bits per heavy atom. The molecule has 30 heavy (non-hydrogen) atoms. The maximum atomic E-state index is 11.8. The fourth-order valence-corrected chi connectivity index (χ4v) is 4.01. The summed E-state index contributed by atoms with van der Waals surface area (Å²) >= 11 is 0. The van der Waals surface area contributed by atoms with Crippen molar-refractivity contribution >= 4 is 15.5 Å². The van der Waals surface area contributed by atoms with Gasteiger partial charge in [0.15, 0.2) is 9.84 Å². The van der Waals surface area contributed by atoms with Crippen LogP contribution in [0.3, 0.4) is 0 Å². The van der Waals surface area contributed by atoms with Crippen LogP contribution in [0.2, 0.25) is 0 Å². The molecule has 0 fully saturated rings. The highest BCUT2D eigenvalue weighted by atomic mass is 32.2. The molecule has 1 N–H and O–H groups in total. The van der Waals surface area contributed by atoms with Gasteiger partial charge in [-0.25, -0.2) is 13.1 Å². The molecule has 1 unspecified atom stereocenters. The molecule has 0 spiro atoms. The first kappa shape index (κ1) is 21.4. The number of oxime groups is 1. The van der Waals surface area contributed by atoms with E-state index < -0.39 is 9.84 Å². The topological polar surface area (TPSA) is 102 Å². The molecule has 0 saturated heterocycles. The minimum atomic E-state index is -3.30. The lowest BCUT2D eigenvalue weighted by molar-refractivity contribution is 0.317. The van der Waals surface area contributed by atoms with Crippen molar-refractivity contribution < 1.29 is 13.6 Å². The number of hydrogen-bond donors (Lipinski definition) is 1. The van der Waals surface area contributed by atoms with Gasteiger partial charge in [-0.05, 0) is 41.8 Å². The largest absolute Gasteiger partial charge is 0.411 e. The summed E-state index contributed by atoms with van der Waals surface area (Å²) in [5.74, 6) is -0.204. The van der Waals surface area contributed by atoms with Crippen molar-refractivity contribution in [2.75, 3.05) is 6.26 Å². The highest BCUT2D eigenvalue weighted by Gasteiger charge is 2.22. The Labute approximate surface area is 175 Å². The molecule has 7 nitrogen and oxygen atoms in total. The number of hydrogen-bond acceptors (Lipinski definition) is 6. The standard InChI is InChI=1S/C22H23N3O4S/c1-15-6-4-5-7-18(15)19(16-8-10-17(11-9-16)30(3,28)29)14-21(24-27)20-12-13-22(26)25(2)23-20/h4-13,19,27H,14H2,1-3H3/b24-21-. The molecule has 0 bridgehead atoms. The van der Waals surface area contributed by atoms with E-state index in [0.29, 0.717) is 17.8 Å². The quantitative estimate of drug-likeness (QED) is 0.372. The summed E-state index contributed by atoms with van der Waals surface area (Å²) in [6.07, 6.45) is 1.48. The predicted molar refractivity (Wildman–Crippen MR) is 115 cm³/mol. The van der Waals surface area contributed by atoms with Gasteiger partial charge in [-0.3, -0.25) is 4.79 Å². The van der Waals surface area contributed by atoms with Gasteiger partial charge in [0.25, 0.3) is 5.56 Å². The second kappa shape index (κ2) is 8.62. The summed E-state index contributed by atoms with van der Waals surface area (Å²) in [6.45, 7) is 1.99. The van der Waals surface area contributed by atoms with Crippen LogP contribution in [0.4, 0.5) is 0 Å². The van der Waals surface area contributed by atoms with Gasteiger partial charge in [0.1, 0.15) is 11.4 Å². The van der Waals surface area contributed by atoms with E-state index in [1.807, 2.05) is 31.2 Å². The van der Waals surface area contributed by atoms with Gasteiger partial charge in [0.05, 0.1) is 4.90 Å². The first-order valence-electron chi connectivity index (χ1n) is 9.32. The molecule has 0 saturated carbocycles. The lowest BCUT2D eigenvalue weighted by atomic mass is 9.84. The predicted octanol–water partition coefficient (Wildman–Crippen LogP) is 2.89. The molecular formula is C22H23N3O4S. The van der Waals surface area contributed by atoms with Crippen LogP contribution in [-0.2, 0) is 16.9 Å². The van der Waals surface area contributed by atoms with Crippen molar-refractivity contribution in [2.45, 2.75) is 24.2 Å². The van der Waals surface area contributed by atoms with Gasteiger partial charge < -0.3 is 5.21 Å². The first-order valence-corrected chi connectivity index (χ1v) is 11.2. The third-order valence-corrected chi connectivity index (χ3v) is 6.18. The van der Waals surface area contributed by atoms with Crippen molar-refractivity contribution in [3.63, 3.8) is 0 Å². The zero-order valence-electron chi connectivity index (χ0n) is 17.0. The summed E-state index contributed by atoms with van der Waals surface area (Å²) in [7, 11) is -1.77. The Morgan fingerprint density at radius 2 is 1.77 bits per heavy atom. The lowest BCUT2D eigenvalue weighted by Crippen LogP contribution is -2.22. The highest BCUT2D eigenvalue weighted by Crippen LogP contribution is 2.32. The summed E-state index contributed by atoms with van der Waals surface area (Å²) < 4.78 is 24.8. The Morgan fingerprint density at radius 3 is 2.33 bits per heavy atom. The van der Waals surface area contributed by atoms with Crippen LogP contribution in [-0.4, -0.2) is 35.4 Å². The summed E-state index contributed by atoms with van der Waals surface area (Å²) in [4.78, 5) is 11.9. The van der Waals surface area contributed by atoms with Crippen LogP contribution in [0.15, 0.2) is 75.5 Å². The molecule has 0 amide bonds. The van der Waals surface area contributed by atoms with Crippen molar-refractivity contribution in [3.05, 3.63) is 93.4 Å². The third kappa shape index (κ3) is 4.65. The van der Waals surface area contributed by atoms with Crippen molar-refractivity contribution in [2.24, 2.45) is 12.2 Å². The molecule has 0 aliphatic carbocycles. The van der Waals surface area contributed by atoms with Gasteiger partial charge in [0, 0.05) is 31.7 Å². The fourth-order valence-electron chi connectivity index (χ4n) is 3.38. The van der Waals surface area contributed by atoms with Gasteiger partial charge in [-0.1, -0.05) is 41.6 Å².